The third-order valence-corrected chi connectivity index (χ3v) is 3.70. The molecule has 0 saturated heterocycles. The van der Waals surface area contributed by atoms with Crippen molar-refractivity contribution >= 4 is 17.6 Å². The van der Waals surface area contributed by atoms with E-state index in [2.05, 4.69) is 0 Å². The maximum Gasteiger partial charge on any atom is 0.323 e. The highest BCUT2D eigenvalue weighted by Gasteiger charge is 2.32. The Morgan fingerprint density at radius 2 is 1.81 bits per heavy atom. The maximum absolute atomic E-state index is 12.4. The molecule has 1 amide bonds. The van der Waals surface area contributed by atoms with Gasteiger partial charge in [0.05, 0.1) is 6.54 Å². The van der Waals surface area contributed by atoms with Crippen LogP contribution in [-0.4, -0.2) is 47.6 Å². The zero-order valence-electron chi connectivity index (χ0n) is 12.6. The van der Waals surface area contributed by atoms with Gasteiger partial charge in [-0.25, -0.2) is 0 Å². The van der Waals surface area contributed by atoms with Crippen LogP contribution in [0.15, 0.2) is 24.3 Å². The molecule has 1 fully saturated rings. The van der Waals surface area contributed by atoms with Crippen LogP contribution in [0, 0.1) is 6.92 Å². The van der Waals surface area contributed by atoms with Crippen LogP contribution < -0.4 is 4.90 Å². The lowest BCUT2D eigenvalue weighted by Gasteiger charge is -2.27. The van der Waals surface area contributed by atoms with E-state index in [1.807, 2.05) is 43.0 Å². The number of carbonyl (C=O) groups is 2. The van der Waals surface area contributed by atoms with Gasteiger partial charge in [-0.15, -0.1) is 0 Å². The van der Waals surface area contributed by atoms with Gasteiger partial charge >= 0.3 is 5.97 Å². The van der Waals surface area contributed by atoms with Gasteiger partial charge in [-0.1, -0.05) is 17.7 Å². The summed E-state index contributed by atoms with van der Waals surface area (Å²) in [5.41, 5.74) is 1.87. The van der Waals surface area contributed by atoms with Crippen molar-refractivity contribution in [2.24, 2.45) is 0 Å². The molecular weight excluding hydrogens is 268 g/mol. The molecule has 2 rings (SSSR count). The molecular formula is C16H22N2O3. The highest BCUT2D eigenvalue weighted by Crippen LogP contribution is 2.27. The molecule has 0 bridgehead atoms. The van der Waals surface area contributed by atoms with Crippen molar-refractivity contribution in [3.05, 3.63) is 29.8 Å². The number of hydrogen-bond donors (Lipinski definition) is 1. The summed E-state index contributed by atoms with van der Waals surface area (Å²) in [4.78, 5) is 26.9. The highest BCUT2D eigenvalue weighted by molar-refractivity contribution is 5.84. The minimum Gasteiger partial charge on any atom is -0.480 e. The van der Waals surface area contributed by atoms with Gasteiger partial charge in [0.15, 0.2) is 0 Å². The summed E-state index contributed by atoms with van der Waals surface area (Å²) in [6.07, 6.45) is 2.12. The van der Waals surface area contributed by atoms with Gasteiger partial charge in [-0.3, -0.25) is 9.59 Å². The molecule has 1 saturated carbocycles. The molecule has 1 aliphatic carbocycles. The van der Waals surface area contributed by atoms with E-state index in [4.69, 9.17) is 5.11 Å². The first-order valence-corrected chi connectivity index (χ1v) is 7.34. The smallest absolute Gasteiger partial charge is 0.323 e. The van der Waals surface area contributed by atoms with Crippen molar-refractivity contribution < 1.29 is 14.7 Å². The fraction of sp³-hybridized carbons (Fsp3) is 0.500. The Labute approximate surface area is 125 Å². The molecule has 0 unspecified atom stereocenters. The van der Waals surface area contributed by atoms with E-state index in [-0.39, 0.29) is 19.0 Å². The minimum absolute atomic E-state index is 0.00169. The van der Waals surface area contributed by atoms with Crippen molar-refractivity contribution in [2.75, 3.05) is 24.5 Å². The van der Waals surface area contributed by atoms with Gasteiger partial charge in [0.25, 0.3) is 0 Å². The zero-order chi connectivity index (χ0) is 15.4. The van der Waals surface area contributed by atoms with Gasteiger partial charge in [0.2, 0.25) is 5.91 Å². The van der Waals surface area contributed by atoms with E-state index >= 15 is 0 Å². The number of carboxylic acid groups (broad SMARTS) is 1. The van der Waals surface area contributed by atoms with Gasteiger partial charge in [0, 0.05) is 18.3 Å². The standard InChI is InChI=1S/C16H22N2O3/c1-3-18(14-8-9-14)15(19)10-17(11-16(20)21)13-6-4-12(2)5-7-13/h4-7,14H,3,8-11H2,1-2H3,(H,20,21). The van der Waals surface area contributed by atoms with E-state index in [0.717, 1.165) is 24.1 Å². The van der Waals surface area contributed by atoms with Crippen LogP contribution >= 0.6 is 0 Å². The first-order chi connectivity index (χ1) is 10.0. The second-order valence-corrected chi connectivity index (χ2v) is 5.50. The fourth-order valence-electron chi connectivity index (χ4n) is 2.44. The summed E-state index contributed by atoms with van der Waals surface area (Å²) in [6.45, 7) is 4.56. The largest absolute Gasteiger partial charge is 0.480 e. The Kier molecular flexibility index (Phi) is 4.83. The van der Waals surface area contributed by atoms with Crippen LogP contribution in [0.1, 0.15) is 25.3 Å². The predicted molar refractivity (Wildman–Crippen MR) is 81.4 cm³/mol. The molecule has 1 aromatic carbocycles. The predicted octanol–water partition coefficient (Wildman–Crippen LogP) is 1.90. The topological polar surface area (TPSA) is 60.9 Å². The summed E-state index contributed by atoms with van der Waals surface area (Å²) in [7, 11) is 0. The number of nitrogens with zero attached hydrogens (tertiary/aromatic N) is 2. The number of benzene rings is 1. The van der Waals surface area contributed by atoms with E-state index in [1.165, 1.54) is 0 Å². The lowest BCUT2D eigenvalue weighted by molar-refractivity contribution is -0.135. The lowest BCUT2D eigenvalue weighted by Crippen LogP contribution is -2.43. The zero-order valence-corrected chi connectivity index (χ0v) is 12.6. The van der Waals surface area contributed by atoms with Crippen molar-refractivity contribution in [2.45, 2.75) is 32.7 Å². The second kappa shape index (κ2) is 6.61. The first kappa shape index (κ1) is 15.4. The van der Waals surface area contributed by atoms with Crippen LogP contribution in [-0.2, 0) is 9.59 Å². The van der Waals surface area contributed by atoms with Crippen LogP contribution in [0.4, 0.5) is 5.69 Å². The number of hydrogen-bond acceptors (Lipinski definition) is 3. The van der Waals surface area contributed by atoms with E-state index in [0.29, 0.717) is 12.6 Å². The molecule has 0 heterocycles. The summed E-state index contributed by atoms with van der Waals surface area (Å²) >= 11 is 0. The van der Waals surface area contributed by atoms with Gasteiger partial charge in [0.1, 0.15) is 6.54 Å². The van der Waals surface area contributed by atoms with Crippen molar-refractivity contribution in [1.82, 2.24) is 4.90 Å². The highest BCUT2D eigenvalue weighted by atomic mass is 16.4. The van der Waals surface area contributed by atoms with Gasteiger partial charge in [-0.05, 0) is 38.8 Å². The molecule has 21 heavy (non-hydrogen) atoms. The monoisotopic (exact) mass is 290 g/mol. The van der Waals surface area contributed by atoms with Gasteiger partial charge in [-0.2, -0.15) is 0 Å². The molecule has 0 aromatic heterocycles. The summed E-state index contributed by atoms with van der Waals surface area (Å²) < 4.78 is 0. The number of amides is 1. The van der Waals surface area contributed by atoms with E-state index in [1.54, 1.807) is 4.90 Å². The number of carbonyl (C=O) groups excluding carboxylic acids is 1. The molecule has 1 N–H and O–H groups in total. The molecule has 0 aliphatic heterocycles. The summed E-state index contributed by atoms with van der Waals surface area (Å²) in [5, 5.41) is 9.06. The molecule has 0 atom stereocenters. The Hall–Kier alpha value is -2.04. The van der Waals surface area contributed by atoms with Crippen LogP contribution in [0.2, 0.25) is 0 Å². The number of aliphatic carboxylic acids is 1. The van der Waals surface area contributed by atoms with E-state index < -0.39 is 5.97 Å². The Morgan fingerprint density at radius 3 is 2.29 bits per heavy atom. The van der Waals surface area contributed by atoms with Crippen molar-refractivity contribution in [1.29, 1.82) is 0 Å². The van der Waals surface area contributed by atoms with Crippen LogP contribution in [0.25, 0.3) is 0 Å². The number of carboxylic acids is 1. The van der Waals surface area contributed by atoms with Gasteiger partial charge < -0.3 is 14.9 Å². The molecule has 1 aliphatic rings. The van der Waals surface area contributed by atoms with Crippen LogP contribution in [0.5, 0.6) is 0 Å². The Morgan fingerprint density at radius 1 is 1.19 bits per heavy atom. The number of aryl methyl sites for hydroxylation is 1. The number of likely N-dealkylation sites (N-methyl/N-ethyl adjacent to an activating group) is 1. The lowest BCUT2D eigenvalue weighted by atomic mass is 10.2. The van der Waals surface area contributed by atoms with Crippen molar-refractivity contribution in [3.63, 3.8) is 0 Å². The average molecular weight is 290 g/mol. The molecule has 5 nitrogen and oxygen atoms in total. The second-order valence-electron chi connectivity index (χ2n) is 5.50. The normalized spacial score (nSPS) is 13.8. The third kappa shape index (κ3) is 4.21. The molecule has 114 valence electrons. The van der Waals surface area contributed by atoms with Crippen LogP contribution in [0.3, 0.4) is 0 Å². The molecule has 1 aromatic rings. The molecule has 0 spiro atoms. The number of rotatable bonds is 7. The van der Waals surface area contributed by atoms with E-state index in [9.17, 15) is 9.59 Å². The SMILES string of the molecule is CCN(C(=O)CN(CC(=O)O)c1ccc(C)cc1)C1CC1. The third-order valence-electron chi connectivity index (χ3n) is 3.70. The maximum atomic E-state index is 12.4. The molecule has 0 radical (unpaired) electrons. The fourth-order valence-corrected chi connectivity index (χ4v) is 2.44. The quantitative estimate of drug-likeness (QED) is 0.833. The van der Waals surface area contributed by atoms with Crippen molar-refractivity contribution in [3.8, 4) is 0 Å². The Bertz CT molecular complexity index is 509. The summed E-state index contributed by atoms with van der Waals surface area (Å²) in [6, 6.07) is 7.92. The molecule has 5 heteroatoms. The minimum atomic E-state index is -0.933. The Balaban J connectivity index is 2.10. The number of anilines is 1. The first-order valence-electron chi connectivity index (χ1n) is 7.34. The average Bonchev–Trinajstić information content (AvgIpc) is 3.24. The summed E-state index contributed by atoms with van der Waals surface area (Å²) in [5.74, 6) is -0.931.